The first kappa shape index (κ1) is 26.7. The Labute approximate surface area is 246 Å². The molecule has 2 aliphatic rings. The minimum Gasteiger partial charge on any atom is -0.341 e. The average molecular weight is 559 g/mol. The van der Waals surface area contributed by atoms with Gasteiger partial charge in [-0.2, -0.15) is 0 Å². The first-order valence-corrected chi connectivity index (χ1v) is 15.3. The van der Waals surface area contributed by atoms with Crippen LogP contribution in [-0.4, -0.2) is 43.8 Å². The third-order valence-corrected chi connectivity index (χ3v) is 8.73. The number of carbonyl (C=O) groups excluding carboxylic acids is 1. The lowest BCUT2D eigenvalue weighted by Gasteiger charge is -2.24. The first-order chi connectivity index (χ1) is 20.5. The maximum absolute atomic E-state index is 12.8. The normalized spacial score (nSPS) is 18.9. The lowest BCUT2D eigenvalue weighted by molar-refractivity contribution is -0.133. The van der Waals surface area contributed by atoms with Gasteiger partial charge in [0.2, 0.25) is 5.91 Å². The number of imidazole rings is 2. The number of nitrogens with zero attached hydrogens (tertiary/aromatic N) is 3. The summed E-state index contributed by atoms with van der Waals surface area (Å²) in [5.41, 5.74) is 6.67. The number of carbonyl (C=O) groups is 1. The maximum Gasteiger partial charge on any atom is 0.223 e. The number of hydrogen-bond acceptors (Lipinski definition) is 4. The molecule has 5 aromatic rings. The number of benzene rings is 3. The van der Waals surface area contributed by atoms with Gasteiger partial charge >= 0.3 is 0 Å². The van der Waals surface area contributed by atoms with Gasteiger partial charge in [0, 0.05) is 18.5 Å². The minimum atomic E-state index is 0.0408. The zero-order valence-corrected chi connectivity index (χ0v) is 24.4. The molecule has 7 heteroatoms. The SMILES string of the molecule is CC(C)CC(=O)N1CCCC1c1ncc(-c2ccc3cc(-c4ccc(-c5cnc(C6CCCN6)[nH]5)cc4)ccc3c2)[nH]1. The Kier molecular flexibility index (Phi) is 7.12. The molecule has 0 spiro atoms. The molecule has 3 N–H and O–H groups in total. The fraction of sp³-hybridized carbons (Fsp3) is 0.343. The van der Waals surface area contributed by atoms with E-state index < -0.39 is 0 Å². The van der Waals surface area contributed by atoms with E-state index in [1.807, 2.05) is 17.3 Å². The van der Waals surface area contributed by atoms with Crippen molar-refractivity contribution in [3.05, 3.63) is 84.7 Å². The molecule has 2 atom stereocenters. The summed E-state index contributed by atoms with van der Waals surface area (Å²) < 4.78 is 0. The standard InChI is InChI=1S/C35H38N6O/c1-22(2)17-33(42)41-16-4-6-32(41)35-38-21-31(40-35)28-14-13-26-18-25(11-12-27(26)19-28)23-7-9-24(10-8-23)30-20-37-34(39-30)29-5-3-15-36-29/h7-14,18-22,29,32,36H,3-6,15-17H2,1-2H3,(H,37,39)(H,38,40). The number of likely N-dealkylation sites (tertiary alicyclic amines) is 1. The Bertz CT molecular complexity index is 1710. The number of aromatic amines is 2. The summed E-state index contributed by atoms with van der Waals surface area (Å²) in [5, 5.41) is 5.89. The molecule has 0 bridgehead atoms. The van der Waals surface area contributed by atoms with E-state index in [2.05, 4.69) is 94.8 Å². The molecule has 214 valence electrons. The molecule has 7 nitrogen and oxygen atoms in total. The van der Waals surface area contributed by atoms with E-state index in [4.69, 9.17) is 4.98 Å². The van der Waals surface area contributed by atoms with Gasteiger partial charge in [-0.25, -0.2) is 9.97 Å². The van der Waals surface area contributed by atoms with Crippen molar-refractivity contribution in [2.24, 2.45) is 5.92 Å². The Morgan fingerprint density at radius 2 is 1.45 bits per heavy atom. The average Bonchev–Trinajstić information content (AvgIpc) is 3.82. The molecular weight excluding hydrogens is 520 g/mol. The zero-order chi connectivity index (χ0) is 28.6. The third kappa shape index (κ3) is 5.25. The van der Waals surface area contributed by atoms with Crippen LogP contribution in [0, 0.1) is 5.92 Å². The van der Waals surface area contributed by atoms with Gasteiger partial charge in [-0.3, -0.25) is 4.79 Å². The second-order valence-corrected chi connectivity index (χ2v) is 12.2. The van der Waals surface area contributed by atoms with Crippen LogP contribution in [0.3, 0.4) is 0 Å². The molecule has 3 aromatic carbocycles. The predicted molar refractivity (Wildman–Crippen MR) is 168 cm³/mol. The number of rotatable bonds is 7. The van der Waals surface area contributed by atoms with E-state index in [0.717, 1.165) is 66.5 Å². The van der Waals surface area contributed by atoms with Crippen LogP contribution in [0.1, 0.15) is 69.7 Å². The van der Waals surface area contributed by atoms with Crippen molar-refractivity contribution in [2.75, 3.05) is 13.1 Å². The Balaban J connectivity index is 1.07. The molecule has 0 aliphatic carbocycles. The Hall–Kier alpha value is -4.23. The van der Waals surface area contributed by atoms with Gasteiger partial charge in [0.1, 0.15) is 11.6 Å². The van der Waals surface area contributed by atoms with Gasteiger partial charge in [0.25, 0.3) is 0 Å². The van der Waals surface area contributed by atoms with E-state index in [-0.39, 0.29) is 11.9 Å². The van der Waals surface area contributed by atoms with Crippen LogP contribution in [0.4, 0.5) is 0 Å². The topological polar surface area (TPSA) is 89.7 Å². The molecule has 0 saturated carbocycles. The molecule has 2 saturated heterocycles. The van der Waals surface area contributed by atoms with E-state index in [1.165, 1.54) is 28.3 Å². The summed E-state index contributed by atoms with van der Waals surface area (Å²) in [6.45, 7) is 6.07. The van der Waals surface area contributed by atoms with Crippen molar-refractivity contribution >= 4 is 16.7 Å². The van der Waals surface area contributed by atoms with Crippen LogP contribution in [0.2, 0.25) is 0 Å². The lowest BCUT2D eigenvalue weighted by Crippen LogP contribution is -2.31. The summed E-state index contributed by atoms with van der Waals surface area (Å²) in [5.74, 6) is 2.51. The van der Waals surface area contributed by atoms with Crippen molar-refractivity contribution in [3.63, 3.8) is 0 Å². The van der Waals surface area contributed by atoms with Crippen molar-refractivity contribution in [3.8, 4) is 33.6 Å². The highest BCUT2D eigenvalue weighted by Crippen LogP contribution is 2.34. The van der Waals surface area contributed by atoms with E-state index in [9.17, 15) is 4.79 Å². The minimum absolute atomic E-state index is 0.0408. The maximum atomic E-state index is 12.8. The third-order valence-electron chi connectivity index (χ3n) is 8.73. The van der Waals surface area contributed by atoms with Crippen molar-refractivity contribution in [1.82, 2.24) is 30.2 Å². The second-order valence-electron chi connectivity index (χ2n) is 12.2. The van der Waals surface area contributed by atoms with Crippen LogP contribution in [0.5, 0.6) is 0 Å². The highest BCUT2D eigenvalue weighted by molar-refractivity contribution is 5.90. The number of fused-ring (bicyclic) bond motifs is 1. The van der Waals surface area contributed by atoms with Crippen molar-refractivity contribution < 1.29 is 4.79 Å². The van der Waals surface area contributed by atoms with Crippen LogP contribution in [0.15, 0.2) is 73.1 Å². The Morgan fingerprint density at radius 1 is 0.810 bits per heavy atom. The summed E-state index contributed by atoms with van der Waals surface area (Å²) in [6, 6.07) is 22.3. The molecule has 7 rings (SSSR count). The lowest BCUT2D eigenvalue weighted by atomic mass is 9.98. The largest absolute Gasteiger partial charge is 0.341 e. The number of H-pyrrole nitrogens is 2. The van der Waals surface area contributed by atoms with E-state index >= 15 is 0 Å². The molecular formula is C35H38N6O. The van der Waals surface area contributed by atoms with Gasteiger partial charge < -0.3 is 20.2 Å². The van der Waals surface area contributed by atoms with Crippen LogP contribution in [-0.2, 0) is 4.79 Å². The fourth-order valence-electron chi connectivity index (χ4n) is 6.48. The highest BCUT2D eigenvalue weighted by Gasteiger charge is 2.32. The predicted octanol–water partition coefficient (Wildman–Crippen LogP) is 7.42. The van der Waals surface area contributed by atoms with Gasteiger partial charge in [-0.05, 0) is 77.7 Å². The molecule has 4 heterocycles. The van der Waals surface area contributed by atoms with Crippen LogP contribution < -0.4 is 5.32 Å². The number of hydrogen-bond donors (Lipinski definition) is 3. The highest BCUT2D eigenvalue weighted by atomic mass is 16.2. The summed E-state index contributed by atoms with van der Waals surface area (Å²) in [7, 11) is 0. The number of nitrogens with one attached hydrogen (secondary N) is 3. The molecule has 2 unspecified atom stereocenters. The van der Waals surface area contributed by atoms with E-state index in [0.29, 0.717) is 18.4 Å². The van der Waals surface area contributed by atoms with Crippen LogP contribution >= 0.6 is 0 Å². The van der Waals surface area contributed by atoms with E-state index in [1.54, 1.807) is 0 Å². The zero-order valence-electron chi connectivity index (χ0n) is 24.4. The smallest absolute Gasteiger partial charge is 0.223 e. The van der Waals surface area contributed by atoms with Gasteiger partial charge in [0.15, 0.2) is 0 Å². The fourth-order valence-corrected chi connectivity index (χ4v) is 6.48. The molecule has 2 aromatic heterocycles. The van der Waals surface area contributed by atoms with Crippen molar-refractivity contribution in [1.29, 1.82) is 0 Å². The van der Waals surface area contributed by atoms with Crippen molar-refractivity contribution in [2.45, 2.75) is 58.0 Å². The second kappa shape index (κ2) is 11.2. The molecule has 1 amide bonds. The summed E-state index contributed by atoms with van der Waals surface area (Å²) in [4.78, 5) is 31.2. The van der Waals surface area contributed by atoms with Gasteiger partial charge in [-0.15, -0.1) is 0 Å². The molecule has 0 radical (unpaired) electrons. The summed E-state index contributed by atoms with van der Waals surface area (Å²) >= 11 is 0. The molecule has 2 aliphatic heterocycles. The van der Waals surface area contributed by atoms with Crippen LogP contribution in [0.25, 0.3) is 44.4 Å². The number of amides is 1. The Morgan fingerprint density at radius 3 is 2.19 bits per heavy atom. The summed E-state index contributed by atoms with van der Waals surface area (Å²) in [6.07, 6.45) is 8.75. The number of aromatic nitrogens is 4. The molecule has 2 fully saturated rings. The van der Waals surface area contributed by atoms with Gasteiger partial charge in [-0.1, -0.05) is 62.4 Å². The monoisotopic (exact) mass is 558 g/mol. The quantitative estimate of drug-likeness (QED) is 0.194. The van der Waals surface area contributed by atoms with Gasteiger partial charge in [0.05, 0.1) is 35.9 Å². The molecule has 42 heavy (non-hydrogen) atoms. The first-order valence-electron chi connectivity index (χ1n) is 15.3.